The first-order valence-corrected chi connectivity index (χ1v) is 4.35. The van der Waals surface area contributed by atoms with E-state index in [0.717, 1.165) is 16.9 Å². The van der Waals surface area contributed by atoms with E-state index in [9.17, 15) is 5.11 Å². The molecule has 0 fully saturated rings. The van der Waals surface area contributed by atoms with Crippen LogP contribution in [0, 0.1) is 6.92 Å². The van der Waals surface area contributed by atoms with Crippen molar-refractivity contribution in [2.24, 2.45) is 5.73 Å². The van der Waals surface area contributed by atoms with E-state index in [2.05, 4.69) is 0 Å². The van der Waals surface area contributed by atoms with E-state index in [1.54, 1.807) is 0 Å². The van der Waals surface area contributed by atoms with Gasteiger partial charge in [0.2, 0.25) is 0 Å². The Labute approximate surface area is 77.1 Å². The van der Waals surface area contributed by atoms with Gasteiger partial charge in [-0.2, -0.15) is 0 Å². The molecule has 0 bridgehead atoms. The Bertz CT molecular complexity index is 325. The molecular formula is C10H13NO2. The van der Waals surface area contributed by atoms with Crippen molar-refractivity contribution in [2.45, 2.75) is 19.1 Å². The number of ether oxygens (including phenoxy) is 1. The third kappa shape index (κ3) is 1.41. The van der Waals surface area contributed by atoms with Gasteiger partial charge in [-0.3, -0.25) is 0 Å². The molecule has 1 aliphatic heterocycles. The first-order valence-electron chi connectivity index (χ1n) is 4.35. The lowest BCUT2D eigenvalue weighted by Gasteiger charge is -2.27. The van der Waals surface area contributed by atoms with Crippen LogP contribution >= 0.6 is 0 Å². The van der Waals surface area contributed by atoms with Gasteiger partial charge in [0.1, 0.15) is 18.5 Å². The monoisotopic (exact) mass is 179 g/mol. The van der Waals surface area contributed by atoms with Crippen LogP contribution in [0.25, 0.3) is 0 Å². The second-order valence-corrected chi connectivity index (χ2v) is 3.46. The number of aliphatic hydroxyl groups excluding tert-OH is 1. The number of rotatable bonds is 0. The Hall–Kier alpha value is -1.06. The highest BCUT2D eigenvalue weighted by Crippen LogP contribution is 2.31. The molecule has 1 aromatic rings. The molecule has 0 amide bonds. The SMILES string of the molecule is Cc1ccc2c(c1)C(O)C(N)CO2. The van der Waals surface area contributed by atoms with Crippen molar-refractivity contribution in [3.63, 3.8) is 0 Å². The maximum Gasteiger partial charge on any atom is 0.125 e. The number of hydrogen-bond acceptors (Lipinski definition) is 3. The zero-order valence-corrected chi connectivity index (χ0v) is 7.53. The molecule has 13 heavy (non-hydrogen) atoms. The number of aliphatic hydroxyl groups is 1. The topological polar surface area (TPSA) is 55.5 Å². The fraction of sp³-hybridized carbons (Fsp3) is 0.400. The highest BCUT2D eigenvalue weighted by molar-refractivity contribution is 5.40. The van der Waals surface area contributed by atoms with Gasteiger partial charge in [-0.05, 0) is 19.1 Å². The molecule has 3 heteroatoms. The minimum absolute atomic E-state index is 0.311. The van der Waals surface area contributed by atoms with Crippen molar-refractivity contribution in [1.29, 1.82) is 0 Å². The molecule has 2 atom stereocenters. The van der Waals surface area contributed by atoms with E-state index in [1.807, 2.05) is 25.1 Å². The Morgan fingerprint density at radius 2 is 2.31 bits per heavy atom. The largest absolute Gasteiger partial charge is 0.491 e. The molecule has 3 N–H and O–H groups in total. The summed E-state index contributed by atoms with van der Waals surface area (Å²) < 4.78 is 5.38. The molecular weight excluding hydrogens is 166 g/mol. The number of hydrogen-bond donors (Lipinski definition) is 2. The van der Waals surface area contributed by atoms with Crippen molar-refractivity contribution in [1.82, 2.24) is 0 Å². The molecule has 0 aliphatic carbocycles. The van der Waals surface area contributed by atoms with Gasteiger partial charge in [0, 0.05) is 5.56 Å². The summed E-state index contributed by atoms with van der Waals surface area (Å²) in [6.45, 7) is 2.37. The van der Waals surface area contributed by atoms with Crippen LogP contribution in [0.15, 0.2) is 18.2 Å². The number of nitrogens with two attached hydrogens (primary N) is 1. The minimum atomic E-state index is -0.594. The van der Waals surface area contributed by atoms with Crippen LogP contribution in [0.2, 0.25) is 0 Å². The summed E-state index contributed by atoms with van der Waals surface area (Å²) in [4.78, 5) is 0. The van der Waals surface area contributed by atoms with Crippen LogP contribution in [-0.4, -0.2) is 17.8 Å². The second-order valence-electron chi connectivity index (χ2n) is 3.46. The molecule has 1 aromatic carbocycles. The smallest absolute Gasteiger partial charge is 0.125 e. The standard InChI is InChI=1S/C10H13NO2/c1-6-2-3-9-7(4-6)10(12)8(11)5-13-9/h2-4,8,10,12H,5,11H2,1H3. The fourth-order valence-electron chi connectivity index (χ4n) is 1.54. The Kier molecular flexibility index (Phi) is 1.98. The molecule has 0 saturated heterocycles. The number of benzene rings is 1. The van der Waals surface area contributed by atoms with E-state index in [-0.39, 0.29) is 6.04 Å². The lowest BCUT2D eigenvalue weighted by molar-refractivity contribution is 0.0915. The van der Waals surface area contributed by atoms with Crippen LogP contribution in [0.1, 0.15) is 17.2 Å². The number of aryl methyl sites for hydroxylation is 1. The Morgan fingerprint density at radius 1 is 1.54 bits per heavy atom. The number of fused-ring (bicyclic) bond motifs is 1. The lowest BCUT2D eigenvalue weighted by atomic mass is 9.98. The van der Waals surface area contributed by atoms with E-state index in [0.29, 0.717) is 6.61 Å². The summed E-state index contributed by atoms with van der Waals surface area (Å²) in [6, 6.07) is 5.44. The minimum Gasteiger partial charge on any atom is -0.491 e. The van der Waals surface area contributed by atoms with Gasteiger partial charge in [0.05, 0.1) is 6.04 Å². The van der Waals surface area contributed by atoms with Crippen molar-refractivity contribution in [2.75, 3.05) is 6.61 Å². The maximum atomic E-state index is 9.75. The van der Waals surface area contributed by atoms with Crippen molar-refractivity contribution >= 4 is 0 Å². The van der Waals surface area contributed by atoms with Gasteiger partial charge in [-0.25, -0.2) is 0 Å². The van der Waals surface area contributed by atoms with Crippen molar-refractivity contribution in [3.05, 3.63) is 29.3 Å². The van der Waals surface area contributed by atoms with Gasteiger partial charge in [0.25, 0.3) is 0 Å². The lowest BCUT2D eigenvalue weighted by Crippen LogP contribution is -2.38. The van der Waals surface area contributed by atoms with Crippen LogP contribution in [0.4, 0.5) is 0 Å². The molecule has 2 unspecified atom stereocenters. The summed E-state index contributed by atoms with van der Waals surface area (Å²) in [5.41, 5.74) is 7.58. The van der Waals surface area contributed by atoms with Gasteiger partial charge < -0.3 is 15.6 Å². The molecule has 0 saturated carbocycles. The van der Waals surface area contributed by atoms with Gasteiger partial charge in [-0.15, -0.1) is 0 Å². The van der Waals surface area contributed by atoms with Crippen molar-refractivity contribution < 1.29 is 9.84 Å². The van der Waals surface area contributed by atoms with E-state index >= 15 is 0 Å². The zero-order valence-electron chi connectivity index (χ0n) is 7.53. The predicted molar refractivity (Wildman–Crippen MR) is 49.6 cm³/mol. The van der Waals surface area contributed by atoms with E-state index in [1.165, 1.54) is 0 Å². The molecule has 3 nitrogen and oxygen atoms in total. The van der Waals surface area contributed by atoms with Crippen LogP contribution in [0.3, 0.4) is 0 Å². The summed E-state index contributed by atoms with van der Waals surface area (Å²) in [5.74, 6) is 0.750. The molecule has 2 rings (SSSR count). The van der Waals surface area contributed by atoms with E-state index in [4.69, 9.17) is 10.5 Å². The zero-order chi connectivity index (χ0) is 9.42. The van der Waals surface area contributed by atoms with Crippen LogP contribution < -0.4 is 10.5 Å². The molecule has 1 aliphatic rings. The first-order chi connectivity index (χ1) is 6.18. The molecule has 70 valence electrons. The summed E-state index contributed by atoms with van der Waals surface area (Å²) in [7, 11) is 0. The van der Waals surface area contributed by atoms with E-state index < -0.39 is 6.10 Å². The molecule has 0 spiro atoms. The van der Waals surface area contributed by atoms with Gasteiger partial charge >= 0.3 is 0 Å². The third-order valence-corrected chi connectivity index (χ3v) is 2.32. The summed E-state index contributed by atoms with van der Waals surface area (Å²) in [5, 5.41) is 9.75. The average molecular weight is 179 g/mol. The molecule has 0 radical (unpaired) electrons. The highest BCUT2D eigenvalue weighted by atomic mass is 16.5. The van der Waals surface area contributed by atoms with Crippen LogP contribution in [-0.2, 0) is 0 Å². The second kappa shape index (κ2) is 3.01. The van der Waals surface area contributed by atoms with Crippen LogP contribution in [0.5, 0.6) is 5.75 Å². The summed E-state index contributed by atoms with van der Waals surface area (Å²) in [6.07, 6.45) is -0.594. The van der Waals surface area contributed by atoms with Crippen molar-refractivity contribution in [3.8, 4) is 5.75 Å². The third-order valence-electron chi connectivity index (χ3n) is 2.32. The normalized spacial score (nSPS) is 26.4. The Balaban J connectivity index is 2.45. The average Bonchev–Trinajstić information content (AvgIpc) is 2.12. The fourth-order valence-corrected chi connectivity index (χ4v) is 1.54. The quantitative estimate of drug-likeness (QED) is 0.618. The maximum absolute atomic E-state index is 9.75. The Morgan fingerprint density at radius 3 is 3.08 bits per heavy atom. The molecule has 0 aromatic heterocycles. The highest BCUT2D eigenvalue weighted by Gasteiger charge is 2.26. The van der Waals surface area contributed by atoms with Gasteiger partial charge in [-0.1, -0.05) is 11.6 Å². The van der Waals surface area contributed by atoms with Gasteiger partial charge in [0.15, 0.2) is 0 Å². The first kappa shape index (κ1) is 8.53. The summed E-state index contributed by atoms with van der Waals surface area (Å²) >= 11 is 0. The molecule has 1 heterocycles. The predicted octanol–water partition coefficient (Wildman–Crippen LogP) is 0.748.